The summed E-state index contributed by atoms with van der Waals surface area (Å²) >= 11 is 1.72. The van der Waals surface area contributed by atoms with Gasteiger partial charge in [0.2, 0.25) is 0 Å². The van der Waals surface area contributed by atoms with E-state index in [1.165, 1.54) is 21.2 Å². The standard InChI is InChI=1S/C12H9FS/c13-9-3-1-8-2-4-12-10(5-6-14-12)11(8)7-9/h2-6H,1,7H2. The molecule has 3 rings (SSSR count). The van der Waals surface area contributed by atoms with Crippen molar-refractivity contribution >= 4 is 21.4 Å². The van der Waals surface area contributed by atoms with Crippen LogP contribution in [0.2, 0.25) is 0 Å². The average molecular weight is 204 g/mol. The number of hydrogen-bond donors (Lipinski definition) is 0. The van der Waals surface area contributed by atoms with E-state index in [0.717, 1.165) is 6.42 Å². The van der Waals surface area contributed by atoms with Gasteiger partial charge in [0.05, 0.1) is 0 Å². The van der Waals surface area contributed by atoms with E-state index in [0.29, 0.717) is 6.42 Å². The van der Waals surface area contributed by atoms with E-state index in [1.54, 1.807) is 17.4 Å². The second kappa shape index (κ2) is 2.92. The Hall–Kier alpha value is -1.15. The van der Waals surface area contributed by atoms with E-state index >= 15 is 0 Å². The minimum absolute atomic E-state index is 0.0104. The lowest BCUT2D eigenvalue weighted by Gasteiger charge is -2.13. The summed E-state index contributed by atoms with van der Waals surface area (Å²) in [5.74, 6) is 0.0104. The third-order valence-corrected chi connectivity index (χ3v) is 3.62. The molecule has 1 aliphatic rings. The van der Waals surface area contributed by atoms with Gasteiger partial charge in [-0.25, -0.2) is 4.39 Å². The summed E-state index contributed by atoms with van der Waals surface area (Å²) in [4.78, 5) is 0. The summed E-state index contributed by atoms with van der Waals surface area (Å²) in [7, 11) is 0. The molecule has 70 valence electrons. The van der Waals surface area contributed by atoms with Gasteiger partial charge in [-0.15, -0.1) is 11.3 Å². The fraction of sp³-hybridized carbons (Fsp3) is 0.167. The maximum absolute atomic E-state index is 13.2. The minimum Gasteiger partial charge on any atom is -0.212 e. The number of benzene rings is 1. The topological polar surface area (TPSA) is 0 Å². The SMILES string of the molecule is FC1=CCc2ccc3sccc3c2C1. The summed E-state index contributed by atoms with van der Waals surface area (Å²) in [5, 5.41) is 3.30. The van der Waals surface area contributed by atoms with Crippen LogP contribution in [0.5, 0.6) is 0 Å². The second-order valence-corrected chi connectivity index (χ2v) is 4.52. The fourth-order valence-corrected chi connectivity index (χ4v) is 2.83. The summed E-state index contributed by atoms with van der Waals surface area (Å²) < 4.78 is 14.4. The molecule has 0 spiro atoms. The van der Waals surface area contributed by atoms with Crippen molar-refractivity contribution in [2.75, 3.05) is 0 Å². The van der Waals surface area contributed by atoms with Crippen LogP contribution < -0.4 is 0 Å². The molecular formula is C12H9FS. The van der Waals surface area contributed by atoms with Crippen LogP contribution in [0, 0.1) is 0 Å². The van der Waals surface area contributed by atoms with Gasteiger partial charge in [0, 0.05) is 11.1 Å². The molecule has 1 aliphatic carbocycles. The number of halogens is 1. The molecule has 0 N–H and O–H groups in total. The van der Waals surface area contributed by atoms with Crippen molar-refractivity contribution in [1.82, 2.24) is 0 Å². The normalized spacial score (nSPS) is 15.4. The van der Waals surface area contributed by atoms with E-state index in [9.17, 15) is 4.39 Å². The lowest BCUT2D eigenvalue weighted by molar-refractivity contribution is 0.601. The molecule has 2 aromatic rings. The monoisotopic (exact) mass is 204 g/mol. The fourth-order valence-electron chi connectivity index (χ4n) is 2.01. The highest BCUT2D eigenvalue weighted by molar-refractivity contribution is 7.17. The van der Waals surface area contributed by atoms with Crippen LogP contribution in [0.25, 0.3) is 10.1 Å². The Morgan fingerprint density at radius 1 is 1.21 bits per heavy atom. The maximum Gasteiger partial charge on any atom is 0.101 e. The zero-order valence-corrected chi connectivity index (χ0v) is 8.40. The Morgan fingerprint density at radius 2 is 2.14 bits per heavy atom. The highest BCUT2D eigenvalue weighted by Crippen LogP contribution is 2.31. The molecule has 0 saturated carbocycles. The first-order chi connectivity index (χ1) is 6.84. The third-order valence-electron chi connectivity index (χ3n) is 2.73. The molecule has 0 bridgehead atoms. The molecule has 0 saturated heterocycles. The van der Waals surface area contributed by atoms with Gasteiger partial charge >= 0.3 is 0 Å². The van der Waals surface area contributed by atoms with E-state index in [1.807, 2.05) is 0 Å². The Balaban J connectivity index is 2.30. The first kappa shape index (κ1) is 8.18. The Morgan fingerprint density at radius 3 is 3.07 bits per heavy atom. The van der Waals surface area contributed by atoms with Crippen LogP contribution in [-0.4, -0.2) is 0 Å². The highest BCUT2D eigenvalue weighted by Gasteiger charge is 2.13. The van der Waals surface area contributed by atoms with Gasteiger partial charge in [0.15, 0.2) is 0 Å². The summed E-state index contributed by atoms with van der Waals surface area (Å²) in [6.07, 6.45) is 2.90. The zero-order valence-electron chi connectivity index (χ0n) is 7.59. The van der Waals surface area contributed by atoms with Crippen LogP contribution >= 0.6 is 11.3 Å². The summed E-state index contributed by atoms with van der Waals surface area (Å²) in [5.41, 5.74) is 2.46. The molecule has 0 aliphatic heterocycles. The molecule has 1 heterocycles. The van der Waals surface area contributed by atoms with Gasteiger partial charge in [0.25, 0.3) is 0 Å². The number of rotatable bonds is 0. The molecule has 0 amide bonds. The number of hydrogen-bond acceptors (Lipinski definition) is 1. The Labute approximate surface area is 85.7 Å². The molecule has 1 aromatic carbocycles. The number of allylic oxidation sites excluding steroid dienone is 2. The summed E-state index contributed by atoms with van der Waals surface area (Å²) in [6, 6.07) is 6.35. The van der Waals surface area contributed by atoms with Crippen LogP contribution in [0.15, 0.2) is 35.5 Å². The van der Waals surface area contributed by atoms with Crippen LogP contribution in [0.1, 0.15) is 11.1 Å². The third kappa shape index (κ3) is 1.11. The van der Waals surface area contributed by atoms with Gasteiger partial charge < -0.3 is 0 Å². The molecular weight excluding hydrogens is 195 g/mol. The smallest absolute Gasteiger partial charge is 0.101 e. The molecule has 0 fully saturated rings. The maximum atomic E-state index is 13.2. The zero-order chi connectivity index (χ0) is 9.54. The Bertz CT molecular complexity index is 522. The molecule has 0 atom stereocenters. The minimum atomic E-state index is 0.0104. The predicted molar refractivity (Wildman–Crippen MR) is 58.4 cm³/mol. The Kier molecular flexibility index (Phi) is 1.71. The van der Waals surface area contributed by atoms with E-state index in [-0.39, 0.29) is 5.83 Å². The van der Waals surface area contributed by atoms with Gasteiger partial charge in [-0.2, -0.15) is 0 Å². The van der Waals surface area contributed by atoms with Gasteiger partial charge in [-0.1, -0.05) is 6.07 Å². The number of fused-ring (bicyclic) bond motifs is 3. The van der Waals surface area contributed by atoms with Gasteiger partial charge in [-0.05, 0) is 46.5 Å². The average Bonchev–Trinajstić information content (AvgIpc) is 2.65. The molecule has 0 nitrogen and oxygen atoms in total. The van der Waals surface area contributed by atoms with E-state index < -0.39 is 0 Å². The van der Waals surface area contributed by atoms with E-state index in [4.69, 9.17) is 0 Å². The number of thiophene rings is 1. The quantitative estimate of drug-likeness (QED) is 0.611. The molecule has 0 radical (unpaired) electrons. The van der Waals surface area contributed by atoms with Crippen LogP contribution in [0.3, 0.4) is 0 Å². The predicted octanol–water partition coefficient (Wildman–Crippen LogP) is 3.85. The molecule has 0 unspecified atom stereocenters. The van der Waals surface area contributed by atoms with Crippen molar-refractivity contribution in [3.8, 4) is 0 Å². The van der Waals surface area contributed by atoms with Crippen molar-refractivity contribution in [3.05, 3.63) is 46.6 Å². The van der Waals surface area contributed by atoms with Crippen LogP contribution in [0.4, 0.5) is 4.39 Å². The van der Waals surface area contributed by atoms with Crippen molar-refractivity contribution < 1.29 is 4.39 Å². The lowest BCUT2D eigenvalue weighted by Crippen LogP contribution is -2.00. The van der Waals surface area contributed by atoms with Crippen molar-refractivity contribution in [3.63, 3.8) is 0 Å². The molecule has 2 heteroatoms. The second-order valence-electron chi connectivity index (χ2n) is 3.57. The van der Waals surface area contributed by atoms with Crippen molar-refractivity contribution in [1.29, 1.82) is 0 Å². The highest BCUT2D eigenvalue weighted by atomic mass is 32.1. The van der Waals surface area contributed by atoms with Crippen LogP contribution in [-0.2, 0) is 12.8 Å². The van der Waals surface area contributed by atoms with Crippen molar-refractivity contribution in [2.45, 2.75) is 12.8 Å². The lowest BCUT2D eigenvalue weighted by atomic mass is 9.93. The van der Waals surface area contributed by atoms with Gasteiger partial charge in [-0.3, -0.25) is 0 Å². The van der Waals surface area contributed by atoms with E-state index in [2.05, 4.69) is 23.6 Å². The van der Waals surface area contributed by atoms with Gasteiger partial charge in [0.1, 0.15) is 5.83 Å². The first-order valence-corrected chi connectivity index (χ1v) is 5.55. The first-order valence-electron chi connectivity index (χ1n) is 4.67. The molecule has 1 aromatic heterocycles. The molecule has 14 heavy (non-hydrogen) atoms. The summed E-state index contributed by atoms with van der Waals surface area (Å²) in [6.45, 7) is 0. The largest absolute Gasteiger partial charge is 0.212 e. The van der Waals surface area contributed by atoms with Crippen molar-refractivity contribution in [2.24, 2.45) is 0 Å².